The largest absolute Gasteiger partial charge is 0.392 e. The van der Waals surface area contributed by atoms with Crippen LogP contribution in [0.3, 0.4) is 0 Å². The van der Waals surface area contributed by atoms with E-state index in [1.807, 2.05) is 0 Å². The molecule has 4 nitrogen and oxygen atoms in total. The van der Waals surface area contributed by atoms with Gasteiger partial charge in [-0.25, -0.2) is 18.3 Å². The first-order valence-electron chi connectivity index (χ1n) is 1.10. The van der Waals surface area contributed by atoms with Gasteiger partial charge in [0.2, 0.25) is 0 Å². The SMILES string of the molecule is O=P(=O)SP(=O)=O.[Na]. The zero-order valence-corrected chi connectivity index (χ0v) is 8.54. The molecule has 0 saturated carbocycles. The van der Waals surface area contributed by atoms with Crippen molar-refractivity contribution in [1.82, 2.24) is 0 Å². The summed E-state index contributed by atoms with van der Waals surface area (Å²) in [6, 6.07) is 0. The molecule has 0 atom stereocenters. The van der Waals surface area contributed by atoms with E-state index in [0.717, 1.165) is 0 Å². The van der Waals surface area contributed by atoms with Crippen LogP contribution in [0.25, 0.3) is 0 Å². The summed E-state index contributed by atoms with van der Waals surface area (Å²) in [6.07, 6.45) is 0. The molecular formula is NaO4P2S. The maximum Gasteiger partial charge on any atom is 0.392 e. The second-order valence-electron chi connectivity index (χ2n) is 0.529. The minimum Gasteiger partial charge on any atom is -0.224 e. The van der Waals surface area contributed by atoms with Gasteiger partial charge in [-0.3, -0.25) is 0 Å². The van der Waals surface area contributed by atoms with Gasteiger partial charge in [0.15, 0.2) is 0 Å². The van der Waals surface area contributed by atoms with Gasteiger partial charge >= 0.3 is 13.8 Å². The van der Waals surface area contributed by atoms with Crippen molar-refractivity contribution in [1.29, 1.82) is 0 Å². The van der Waals surface area contributed by atoms with Gasteiger partial charge in [-0.2, -0.15) is 0 Å². The molecule has 0 spiro atoms. The molecule has 0 aromatic carbocycles. The average Bonchev–Trinajstić information content (AvgIpc) is 1.27. The van der Waals surface area contributed by atoms with Gasteiger partial charge < -0.3 is 0 Å². The Morgan fingerprint density at radius 3 is 1.12 bits per heavy atom. The molecule has 8 heteroatoms. The van der Waals surface area contributed by atoms with Crippen LogP contribution in [0.15, 0.2) is 0 Å². The summed E-state index contributed by atoms with van der Waals surface area (Å²) in [4.78, 5) is 0. The smallest absolute Gasteiger partial charge is 0.224 e. The zero-order valence-electron chi connectivity index (χ0n) is 3.94. The van der Waals surface area contributed by atoms with Crippen molar-refractivity contribution in [2.45, 2.75) is 0 Å². The minimum atomic E-state index is -2.82. The quantitative estimate of drug-likeness (QED) is 0.477. The van der Waals surface area contributed by atoms with E-state index in [1.54, 1.807) is 0 Å². The van der Waals surface area contributed by atoms with Crippen LogP contribution in [0, 0.1) is 0 Å². The van der Waals surface area contributed by atoms with Gasteiger partial charge in [0.25, 0.3) is 0 Å². The van der Waals surface area contributed by atoms with Gasteiger partial charge in [0, 0.05) is 29.6 Å². The van der Waals surface area contributed by atoms with Crippen molar-refractivity contribution in [3.05, 3.63) is 0 Å². The third-order valence-electron chi connectivity index (χ3n) is 0.133. The zero-order chi connectivity index (χ0) is 5.86. The summed E-state index contributed by atoms with van der Waals surface area (Å²) in [5.41, 5.74) is 0. The number of hydrogen-bond acceptors (Lipinski definition) is 5. The molecule has 0 aliphatic heterocycles. The third-order valence-corrected chi connectivity index (χ3v) is 3.60. The van der Waals surface area contributed by atoms with Crippen LogP contribution in [0.2, 0.25) is 0 Å². The molecule has 0 saturated heterocycles. The van der Waals surface area contributed by atoms with Crippen LogP contribution in [0.1, 0.15) is 0 Å². The number of hydrogen-bond donors (Lipinski definition) is 0. The van der Waals surface area contributed by atoms with Crippen LogP contribution in [-0.2, 0) is 18.3 Å². The molecule has 0 rings (SSSR count). The molecule has 0 aliphatic carbocycles. The van der Waals surface area contributed by atoms with Crippen molar-refractivity contribution < 1.29 is 18.3 Å². The van der Waals surface area contributed by atoms with Crippen LogP contribution < -0.4 is 0 Å². The van der Waals surface area contributed by atoms with Crippen molar-refractivity contribution in [2.24, 2.45) is 0 Å². The molecular weight excluding hydrogens is 181 g/mol. The molecule has 0 aromatic rings. The van der Waals surface area contributed by atoms with Gasteiger partial charge in [0.1, 0.15) is 11.0 Å². The first kappa shape index (κ1) is 11.9. The molecule has 0 heterocycles. The summed E-state index contributed by atoms with van der Waals surface area (Å²) in [5, 5.41) is 0. The van der Waals surface area contributed by atoms with E-state index < -0.39 is 13.8 Å². The Labute approximate surface area is 72.2 Å². The van der Waals surface area contributed by atoms with Gasteiger partial charge in [-0.05, 0) is 0 Å². The van der Waals surface area contributed by atoms with E-state index in [0.29, 0.717) is 0 Å². The Hall–Kier alpha value is 1.15. The van der Waals surface area contributed by atoms with Crippen LogP contribution in [0.4, 0.5) is 0 Å². The second-order valence-corrected chi connectivity index (χ2v) is 5.34. The van der Waals surface area contributed by atoms with Gasteiger partial charge in [-0.1, -0.05) is 0 Å². The Morgan fingerprint density at radius 2 is 1.12 bits per heavy atom. The summed E-state index contributed by atoms with van der Waals surface area (Å²) in [6.45, 7) is -5.64. The van der Waals surface area contributed by atoms with E-state index in [9.17, 15) is 18.3 Å². The van der Waals surface area contributed by atoms with E-state index >= 15 is 0 Å². The molecule has 0 unspecified atom stereocenters. The van der Waals surface area contributed by atoms with E-state index in [2.05, 4.69) is 0 Å². The van der Waals surface area contributed by atoms with Gasteiger partial charge in [0.05, 0.1) is 0 Å². The predicted molar refractivity (Wildman–Crippen MR) is 29.9 cm³/mol. The maximum absolute atomic E-state index is 9.43. The molecule has 0 aliphatic rings. The van der Waals surface area contributed by atoms with Crippen LogP contribution >= 0.6 is 24.8 Å². The van der Waals surface area contributed by atoms with Gasteiger partial charge in [-0.15, -0.1) is 0 Å². The Morgan fingerprint density at radius 1 is 0.875 bits per heavy atom. The monoisotopic (exact) mass is 181 g/mol. The van der Waals surface area contributed by atoms with Crippen molar-refractivity contribution in [3.8, 4) is 0 Å². The second kappa shape index (κ2) is 6.27. The fourth-order valence-electron chi connectivity index (χ4n) is 0.0544. The molecule has 0 fully saturated rings. The van der Waals surface area contributed by atoms with E-state index in [1.165, 1.54) is 0 Å². The van der Waals surface area contributed by atoms with Crippen LogP contribution in [0.5, 0.6) is 0 Å². The Kier molecular flexibility index (Phi) is 9.32. The molecule has 0 aromatic heterocycles. The topological polar surface area (TPSA) is 68.3 Å². The average molecular weight is 181 g/mol. The molecule has 8 heavy (non-hydrogen) atoms. The molecule has 0 N–H and O–H groups in total. The first-order valence-corrected chi connectivity index (χ1v) is 5.48. The van der Waals surface area contributed by atoms with Crippen molar-refractivity contribution >= 4 is 54.3 Å². The summed E-state index contributed by atoms with van der Waals surface area (Å²) < 4.78 is 37.7. The summed E-state index contributed by atoms with van der Waals surface area (Å²) in [5.74, 6) is 0. The van der Waals surface area contributed by atoms with Crippen molar-refractivity contribution in [3.63, 3.8) is 0 Å². The molecule has 0 amide bonds. The third kappa shape index (κ3) is 10.2. The summed E-state index contributed by atoms with van der Waals surface area (Å²) >= 11 is -0.0833. The standard InChI is InChI=1S/Na.O4P2S/c;1-5(2)7-6(3)4. The molecule has 0 bridgehead atoms. The van der Waals surface area contributed by atoms with E-state index in [-0.39, 0.29) is 40.6 Å². The van der Waals surface area contributed by atoms with Crippen molar-refractivity contribution in [2.75, 3.05) is 0 Å². The maximum atomic E-state index is 9.43. The normalized spacial score (nSPS) is 7.00. The fourth-order valence-corrected chi connectivity index (χ4v) is 1.47. The van der Waals surface area contributed by atoms with E-state index in [4.69, 9.17) is 0 Å². The Bertz CT molecular complexity index is 142. The minimum absolute atomic E-state index is 0. The molecule has 1 radical (unpaired) electrons. The summed E-state index contributed by atoms with van der Waals surface area (Å²) in [7, 11) is 0. The fraction of sp³-hybridized carbons (Fsp3) is 0. The number of rotatable bonds is 2. The Balaban J connectivity index is 0. The first-order chi connectivity index (χ1) is 3.13. The molecule has 41 valence electrons. The predicted octanol–water partition coefficient (Wildman–Crippen LogP) is 1.51. The van der Waals surface area contributed by atoms with Crippen LogP contribution in [-0.4, -0.2) is 29.6 Å².